The number of benzene rings is 2. The second-order valence-corrected chi connectivity index (χ2v) is 4.41. The van der Waals surface area contributed by atoms with Crippen molar-refractivity contribution < 1.29 is 5.11 Å². The van der Waals surface area contributed by atoms with E-state index in [1.165, 1.54) is 5.56 Å². The minimum atomic E-state index is 0.275. The van der Waals surface area contributed by atoms with E-state index in [0.717, 1.165) is 17.8 Å². The molecular weight excluding hydrogens is 236 g/mol. The van der Waals surface area contributed by atoms with Crippen LogP contribution in [0.3, 0.4) is 0 Å². The Bertz CT molecular complexity index is 674. The molecule has 0 saturated carbocycles. The predicted octanol–water partition coefficient (Wildman–Crippen LogP) is 3.30. The molecule has 0 saturated heterocycles. The third kappa shape index (κ3) is 2.36. The second kappa shape index (κ2) is 4.98. The van der Waals surface area contributed by atoms with Gasteiger partial charge in [-0.05, 0) is 17.7 Å². The maximum atomic E-state index is 9.93. The molecule has 0 radical (unpaired) electrons. The molecule has 0 aliphatic heterocycles. The van der Waals surface area contributed by atoms with Gasteiger partial charge in [0.15, 0.2) is 0 Å². The lowest BCUT2D eigenvalue weighted by atomic mass is 10.1. The van der Waals surface area contributed by atoms with Gasteiger partial charge in [0.05, 0.1) is 18.2 Å². The molecule has 1 heterocycles. The Morgan fingerprint density at radius 1 is 0.947 bits per heavy atom. The summed E-state index contributed by atoms with van der Waals surface area (Å²) in [4.78, 5) is 4.19. The quantitative estimate of drug-likeness (QED) is 0.774. The van der Waals surface area contributed by atoms with Crippen LogP contribution in [-0.2, 0) is 6.54 Å². The Kier molecular flexibility index (Phi) is 3.02. The number of phenolic OH excluding ortho intramolecular Hbond substituents is 1. The van der Waals surface area contributed by atoms with E-state index in [-0.39, 0.29) is 5.75 Å². The van der Waals surface area contributed by atoms with Crippen LogP contribution in [0.5, 0.6) is 5.75 Å². The van der Waals surface area contributed by atoms with Gasteiger partial charge in [0, 0.05) is 12.1 Å². The second-order valence-electron chi connectivity index (χ2n) is 4.41. The Balaban J connectivity index is 1.98. The molecule has 3 aromatic rings. The number of para-hydroxylation sites is 1. The molecule has 0 bridgehead atoms. The highest BCUT2D eigenvalue weighted by Crippen LogP contribution is 2.28. The molecule has 3 heteroatoms. The van der Waals surface area contributed by atoms with Gasteiger partial charge in [-0.1, -0.05) is 42.5 Å². The van der Waals surface area contributed by atoms with Gasteiger partial charge in [-0.3, -0.25) is 0 Å². The monoisotopic (exact) mass is 250 g/mol. The summed E-state index contributed by atoms with van der Waals surface area (Å²) in [5.74, 6) is 0.275. The van der Waals surface area contributed by atoms with Gasteiger partial charge in [0.2, 0.25) is 0 Å². The van der Waals surface area contributed by atoms with E-state index in [9.17, 15) is 5.11 Å². The first-order valence-electron chi connectivity index (χ1n) is 6.17. The van der Waals surface area contributed by atoms with Gasteiger partial charge in [-0.25, -0.2) is 4.98 Å². The smallest absolute Gasteiger partial charge is 0.124 e. The summed E-state index contributed by atoms with van der Waals surface area (Å²) in [6.45, 7) is 0.741. The molecule has 2 aromatic carbocycles. The van der Waals surface area contributed by atoms with Crippen molar-refractivity contribution >= 4 is 0 Å². The third-order valence-corrected chi connectivity index (χ3v) is 3.09. The highest BCUT2D eigenvalue weighted by molar-refractivity contribution is 5.66. The summed E-state index contributed by atoms with van der Waals surface area (Å²) in [5.41, 5.74) is 2.93. The number of aromatic hydroxyl groups is 1. The van der Waals surface area contributed by atoms with E-state index in [0.29, 0.717) is 0 Å². The maximum Gasteiger partial charge on any atom is 0.124 e. The minimum Gasteiger partial charge on any atom is -0.507 e. The molecule has 0 aliphatic carbocycles. The lowest BCUT2D eigenvalue weighted by molar-refractivity contribution is 0.477. The zero-order chi connectivity index (χ0) is 13.1. The molecule has 3 nitrogen and oxygen atoms in total. The van der Waals surface area contributed by atoms with Crippen LogP contribution < -0.4 is 0 Å². The number of aromatic nitrogens is 2. The van der Waals surface area contributed by atoms with Gasteiger partial charge >= 0.3 is 0 Å². The molecule has 0 fully saturated rings. The Hall–Kier alpha value is -2.55. The Morgan fingerprint density at radius 2 is 1.68 bits per heavy atom. The first-order chi connectivity index (χ1) is 9.34. The molecule has 0 atom stereocenters. The number of hydrogen-bond acceptors (Lipinski definition) is 2. The van der Waals surface area contributed by atoms with Crippen LogP contribution in [-0.4, -0.2) is 14.7 Å². The van der Waals surface area contributed by atoms with Crippen molar-refractivity contribution in [2.24, 2.45) is 0 Å². The van der Waals surface area contributed by atoms with Gasteiger partial charge in [-0.15, -0.1) is 0 Å². The zero-order valence-corrected chi connectivity index (χ0v) is 10.4. The first-order valence-corrected chi connectivity index (χ1v) is 6.17. The van der Waals surface area contributed by atoms with Crippen molar-refractivity contribution in [1.82, 2.24) is 9.55 Å². The standard InChI is InChI=1S/C16H14N2O/c19-16-9-5-4-8-14(16)15-10-17-12-18(15)11-13-6-2-1-3-7-13/h1-10,12,19H,11H2. The van der Waals surface area contributed by atoms with Gasteiger partial charge in [0.1, 0.15) is 5.75 Å². The van der Waals surface area contributed by atoms with Crippen molar-refractivity contribution in [3.05, 3.63) is 72.7 Å². The fourth-order valence-electron chi connectivity index (χ4n) is 2.14. The van der Waals surface area contributed by atoms with Gasteiger partial charge < -0.3 is 9.67 Å². The summed E-state index contributed by atoms with van der Waals surface area (Å²) in [7, 11) is 0. The van der Waals surface area contributed by atoms with Crippen LogP contribution in [0.1, 0.15) is 5.56 Å². The summed E-state index contributed by atoms with van der Waals surface area (Å²) < 4.78 is 2.03. The minimum absolute atomic E-state index is 0.275. The van der Waals surface area contributed by atoms with E-state index in [1.807, 2.05) is 41.0 Å². The summed E-state index contributed by atoms with van der Waals surface area (Å²) in [6.07, 6.45) is 3.56. The highest BCUT2D eigenvalue weighted by atomic mass is 16.3. The van der Waals surface area contributed by atoms with E-state index in [4.69, 9.17) is 0 Å². The number of phenols is 1. The number of rotatable bonds is 3. The van der Waals surface area contributed by atoms with Crippen LogP contribution in [0.2, 0.25) is 0 Å². The van der Waals surface area contributed by atoms with E-state index in [1.54, 1.807) is 18.6 Å². The lowest BCUT2D eigenvalue weighted by Gasteiger charge is -2.09. The maximum absolute atomic E-state index is 9.93. The SMILES string of the molecule is Oc1ccccc1-c1cncn1Cc1ccccc1. The molecule has 19 heavy (non-hydrogen) atoms. The number of imidazole rings is 1. The predicted molar refractivity (Wildman–Crippen MR) is 74.9 cm³/mol. The summed E-state index contributed by atoms with van der Waals surface area (Å²) in [5, 5.41) is 9.93. The topological polar surface area (TPSA) is 38.1 Å². The molecule has 3 rings (SSSR count). The summed E-state index contributed by atoms with van der Waals surface area (Å²) in [6, 6.07) is 17.5. The Morgan fingerprint density at radius 3 is 2.47 bits per heavy atom. The molecule has 0 unspecified atom stereocenters. The lowest BCUT2D eigenvalue weighted by Crippen LogP contribution is -2.00. The highest BCUT2D eigenvalue weighted by Gasteiger charge is 2.09. The van der Waals surface area contributed by atoms with Crippen molar-refractivity contribution in [2.45, 2.75) is 6.54 Å². The Labute approximate surface area is 111 Å². The van der Waals surface area contributed by atoms with Crippen molar-refractivity contribution in [1.29, 1.82) is 0 Å². The van der Waals surface area contributed by atoms with E-state index in [2.05, 4.69) is 17.1 Å². The number of hydrogen-bond donors (Lipinski definition) is 1. The van der Waals surface area contributed by atoms with Crippen LogP contribution >= 0.6 is 0 Å². The van der Waals surface area contributed by atoms with Crippen molar-refractivity contribution in [3.63, 3.8) is 0 Å². The normalized spacial score (nSPS) is 10.5. The summed E-state index contributed by atoms with van der Waals surface area (Å²) >= 11 is 0. The van der Waals surface area contributed by atoms with Crippen LogP contribution in [0.4, 0.5) is 0 Å². The molecule has 1 N–H and O–H groups in total. The number of nitrogens with zero attached hydrogens (tertiary/aromatic N) is 2. The van der Waals surface area contributed by atoms with Gasteiger partial charge in [-0.2, -0.15) is 0 Å². The molecule has 0 amide bonds. The van der Waals surface area contributed by atoms with Crippen molar-refractivity contribution in [3.8, 4) is 17.0 Å². The molecule has 1 aromatic heterocycles. The van der Waals surface area contributed by atoms with Crippen LogP contribution in [0.15, 0.2) is 67.1 Å². The first kappa shape index (κ1) is 11.5. The van der Waals surface area contributed by atoms with E-state index >= 15 is 0 Å². The largest absolute Gasteiger partial charge is 0.507 e. The van der Waals surface area contributed by atoms with Crippen LogP contribution in [0.25, 0.3) is 11.3 Å². The van der Waals surface area contributed by atoms with Gasteiger partial charge in [0.25, 0.3) is 0 Å². The average molecular weight is 250 g/mol. The third-order valence-electron chi connectivity index (χ3n) is 3.09. The zero-order valence-electron chi connectivity index (χ0n) is 10.4. The van der Waals surface area contributed by atoms with Crippen LogP contribution in [0, 0.1) is 0 Å². The fraction of sp³-hybridized carbons (Fsp3) is 0.0625. The molecule has 94 valence electrons. The molecular formula is C16H14N2O. The average Bonchev–Trinajstić information content (AvgIpc) is 2.88. The van der Waals surface area contributed by atoms with E-state index < -0.39 is 0 Å². The fourth-order valence-corrected chi connectivity index (χ4v) is 2.14. The van der Waals surface area contributed by atoms with Crippen molar-refractivity contribution in [2.75, 3.05) is 0 Å². The molecule has 0 spiro atoms. The molecule has 0 aliphatic rings.